The Kier molecular flexibility index (Phi) is 6.46. The second kappa shape index (κ2) is 8.86. The lowest BCUT2D eigenvalue weighted by Gasteiger charge is -2.41. The van der Waals surface area contributed by atoms with E-state index in [1.807, 2.05) is 11.9 Å². The van der Waals surface area contributed by atoms with Crippen LogP contribution in [-0.4, -0.2) is 98.9 Å². The van der Waals surface area contributed by atoms with Gasteiger partial charge in [0.05, 0.1) is 36.5 Å². The molecule has 0 aromatic carbocycles. The molecule has 4 saturated heterocycles. The first-order chi connectivity index (χ1) is 13.5. The van der Waals surface area contributed by atoms with E-state index in [1.54, 1.807) is 5.01 Å². The van der Waals surface area contributed by atoms with Gasteiger partial charge in [-0.25, -0.2) is 14.8 Å². The first-order valence-electron chi connectivity index (χ1n) is 10.5. The first kappa shape index (κ1) is 20.4. The molecule has 0 radical (unpaired) electrons. The lowest BCUT2D eigenvalue weighted by Crippen LogP contribution is -2.61. The van der Waals surface area contributed by atoms with Gasteiger partial charge < -0.3 is 26.4 Å². The summed E-state index contributed by atoms with van der Waals surface area (Å²) in [5, 5.41) is 11.7. The zero-order valence-corrected chi connectivity index (χ0v) is 16.6. The van der Waals surface area contributed by atoms with Gasteiger partial charge in [-0.15, -0.1) is 0 Å². The lowest BCUT2D eigenvalue weighted by atomic mass is 9.97. The second-order valence-electron chi connectivity index (χ2n) is 8.53. The summed E-state index contributed by atoms with van der Waals surface area (Å²) in [6.07, 6.45) is 1.53. The quantitative estimate of drug-likeness (QED) is 0.367. The number of ether oxygens (including phenoxy) is 1. The Morgan fingerprint density at radius 3 is 2.82 bits per heavy atom. The molecule has 0 spiro atoms. The molecule has 6 unspecified atom stereocenters. The number of nitrogens with two attached hydrogens (primary N) is 1. The highest BCUT2D eigenvalue weighted by Gasteiger charge is 2.50. The topological polar surface area (TPSA) is 107 Å². The fourth-order valence-corrected chi connectivity index (χ4v) is 4.99. The van der Waals surface area contributed by atoms with E-state index >= 15 is 0 Å². The van der Waals surface area contributed by atoms with Crippen molar-refractivity contribution in [2.75, 3.05) is 46.3 Å². The summed E-state index contributed by atoms with van der Waals surface area (Å²) < 4.78 is 20.2. The summed E-state index contributed by atoms with van der Waals surface area (Å²) in [4.78, 5) is 15.0. The molecular weight excluding hydrogens is 365 g/mol. The summed E-state index contributed by atoms with van der Waals surface area (Å²) in [6, 6.07) is -0.0905. The van der Waals surface area contributed by atoms with Crippen molar-refractivity contribution in [1.82, 2.24) is 31.3 Å². The van der Waals surface area contributed by atoms with E-state index < -0.39 is 18.3 Å². The molecule has 0 saturated carbocycles. The van der Waals surface area contributed by atoms with Crippen LogP contribution < -0.4 is 27.1 Å². The minimum absolute atomic E-state index is 0.00361. The molecule has 10 heteroatoms. The van der Waals surface area contributed by atoms with Crippen LogP contribution in [0.3, 0.4) is 0 Å². The third kappa shape index (κ3) is 4.33. The summed E-state index contributed by atoms with van der Waals surface area (Å²) in [6.45, 7) is 4.04. The zero-order valence-electron chi connectivity index (χ0n) is 16.6. The molecule has 4 rings (SSSR count). The maximum atomic E-state index is 13.9. The van der Waals surface area contributed by atoms with Gasteiger partial charge in [0, 0.05) is 26.2 Å². The molecule has 4 aliphatic rings. The SMILES string of the molecule is CN1CC(F)CN2NC(N)C(C(=O)NC3CNCCC3O[C@H]3CCCNC3)C12. The third-order valence-electron chi connectivity index (χ3n) is 6.34. The highest BCUT2D eigenvalue weighted by Crippen LogP contribution is 2.27. The first-order valence-corrected chi connectivity index (χ1v) is 10.5. The van der Waals surface area contributed by atoms with Crippen molar-refractivity contribution in [1.29, 1.82) is 0 Å². The second-order valence-corrected chi connectivity index (χ2v) is 8.53. The Bertz CT molecular complexity index is 550. The Hall–Kier alpha value is -0.880. The number of piperidine rings is 2. The molecule has 4 aliphatic heterocycles. The minimum atomic E-state index is -0.952. The molecule has 1 amide bonds. The molecule has 7 atom stereocenters. The fraction of sp³-hybridized carbons (Fsp3) is 0.944. The smallest absolute Gasteiger partial charge is 0.229 e. The van der Waals surface area contributed by atoms with Crippen LogP contribution in [0.5, 0.6) is 0 Å². The Morgan fingerprint density at radius 1 is 1.21 bits per heavy atom. The highest BCUT2D eigenvalue weighted by atomic mass is 19.1. The van der Waals surface area contributed by atoms with E-state index in [-0.39, 0.29) is 36.9 Å². The molecule has 28 heavy (non-hydrogen) atoms. The van der Waals surface area contributed by atoms with Gasteiger partial charge in [0.15, 0.2) is 0 Å². The molecule has 4 heterocycles. The van der Waals surface area contributed by atoms with Gasteiger partial charge in [-0.05, 0) is 39.4 Å². The van der Waals surface area contributed by atoms with Crippen molar-refractivity contribution in [2.45, 2.75) is 56.0 Å². The number of nitrogens with one attached hydrogen (secondary N) is 4. The lowest BCUT2D eigenvalue weighted by molar-refractivity contribution is -0.133. The van der Waals surface area contributed by atoms with Gasteiger partial charge >= 0.3 is 0 Å². The molecule has 0 aromatic rings. The van der Waals surface area contributed by atoms with Crippen LogP contribution in [0, 0.1) is 5.92 Å². The van der Waals surface area contributed by atoms with Crippen molar-refractivity contribution in [3.63, 3.8) is 0 Å². The Morgan fingerprint density at radius 2 is 2.04 bits per heavy atom. The van der Waals surface area contributed by atoms with Crippen LogP contribution in [-0.2, 0) is 9.53 Å². The third-order valence-corrected chi connectivity index (χ3v) is 6.34. The minimum Gasteiger partial charge on any atom is -0.371 e. The van der Waals surface area contributed by atoms with Gasteiger partial charge in [0.1, 0.15) is 6.17 Å². The number of carbonyl (C=O) groups is 1. The van der Waals surface area contributed by atoms with Crippen LogP contribution in [0.15, 0.2) is 0 Å². The molecule has 0 aromatic heterocycles. The largest absolute Gasteiger partial charge is 0.371 e. The standard InChI is InChI=1S/C18H34FN7O2/c1-25-9-11(19)10-26-18(25)15(16(20)24-26)17(27)23-13-8-22-6-4-14(13)28-12-3-2-5-21-7-12/h11-16,18,21-22,24H,2-10,20H2,1H3,(H,23,27)/t11?,12-,13?,14?,15?,16?,18?/m0/s1. The van der Waals surface area contributed by atoms with Crippen molar-refractivity contribution < 1.29 is 13.9 Å². The Balaban J connectivity index is 1.39. The van der Waals surface area contributed by atoms with E-state index in [0.29, 0.717) is 13.1 Å². The summed E-state index contributed by atoms with van der Waals surface area (Å²) in [5.41, 5.74) is 9.29. The van der Waals surface area contributed by atoms with E-state index in [0.717, 1.165) is 38.9 Å². The van der Waals surface area contributed by atoms with E-state index in [2.05, 4.69) is 21.4 Å². The molecule has 9 nitrogen and oxygen atoms in total. The number of halogens is 1. The van der Waals surface area contributed by atoms with Gasteiger partial charge in [0.25, 0.3) is 0 Å². The maximum absolute atomic E-state index is 13.9. The van der Waals surface area contributed by atoms with Gasteiger partial charge in [-0.1, -0.05) is 0 Å². The number of hydrogen-bond acceptors (Lipinski definition) is 8. The molecular formula is C18H34FN7O2. The number of fused-ring (bicyclic) bond motifs is 1. The van der Waals surface area contributed by atoms with E-state index in [9.17, 15) is 9.18 Å². The van der Waals surface area contributed by atoms with Crippen LogP contribution >= 0.6 is 0 Å². The number of nitrogens with zero attached hydrogens (tertiary/aromatic N) is 2. The van der Waals surface area contributed by atoms with Crippen molar-refractivity contribution in [3.8, 4) is 0 Å². The average molecular weight is 400 g/mol. The maximum Gasteiger partial charge on any atom is 0.229 e. The Labute approximate surface area is 165 Å². The molecule has 160 valence electrons. The van der Waals surface area contributed by atoms with E-state index in [4.69, 9.17) is 10.5 Å². The number of amides is 1. The number of hydrogen-bond donors (Lipinski definition) is 5. The summed E-state index contributed by atoms with van der Waals surface area (Å²) in [5.74, 6) is -0.558. The predicted octanol–water partition coefficient (Wildman–Crippen LogP) is -2.07. The molecule has 6 N–H and O–H groups in total. The van der Waals surface area contributed by atoms with Crippen molar-refractivity contribution >= 4 is 5.91 Å². The molecule has 4 fully saturated rings. The van der Waals surface area contributed by atoms with Crippen LogP contribution in [0.2, 0.25) is 0 Å². The zero-order chi connectivity index (χ0) is 19.7. The normalized spacial score (nSPS) is 42.9. The predicted molar refractivity (Wildman–Crippen MR) is 103 cm³/mol. The average Bonchev–Trinajstić information content (AvgIpc) is 3.00. The number of alkyl halides is 1. The summed E-state index contributed by atoms with van der Waals surface area (Å²) >= 11 is 0. The van der Waals surface area contributed by atoms with Gasteiger partial charge in [-0.2, -0.15) is 0 Å². The van der Waals surface area contributed by atoms with E-state index in [1.165, 1.54) is 0 Å². The van der Waals surface area contributed by atoms with Crippen LogP contribution in [0.1, 0.15) is 19.3 Å². The molecule has 0 aliphatic carbocycles. The van der Waals surface area contributed by atoms with Crippen LogP contribution in [0.4, 0.5) is 4.39 Å². The van der Waals surface area contributed by atoms with Crippen LogP contribution in [0.25, 0.3) is 0 Å². The number of hydrazine groups is 1. The molecule has 0 bridgehead atoms. The fourth-order valence-electron chi connectivity index (χ4n) is 4.99. The van der Waals surface area contributed by atoms with Gasteiger partial charge in [-0.3, -0.25) is 9.69 Å². The van der Waals surface area contributed by atoms with Crippen molar-refractivity contribution in [3.05, 3.63) is 0 Å². The highest BCUT2D eigenvalue weighted by molar-refractivity contribution is 5.80. The monoisotopic (exact) mass is 399 g/mol. The van der Waals surface area contributed by atoms with Gasteiger partial charge in [0.2, 0.25) is 5.91 Å². The van der Waals surface area contributed by atoms with Crippen molar-refractivity contribution in [2.24, 2.45) is 11.7 Å². The number of rotatable bonds is 4. The number of carbonyl (C=O) groups excluding carboxylic acids is 1. The summed E-state index contributed by atoms with van der Waals surface area (Å²) in [7, 11) is 1.84.